The molecule has 2 aromatic carbocycles. The summed E-state index contributed by atoms with van der Waals surface area (Å²) in [6, 6.07) is 13.6. The van der Waals surface area contributed by atoms with Gasteiger partial charge in [0.15, 0.2) is 0 Å². The smallest absolute Gasteiger partial charge is 0.243 e. The zero-order valence-electron chi connectivity index (χ0n) is 15.8. The molecule has 0 aliphatic heterocycles. The van der Waals surface area contributed by atoms with E-state index in [9.17, 15) is 4.79 Å². The van der Waals surface area contributed by atoms with Crippen molar-refractivity contribution >= 4 is 17.3 Å². The second-order valence-corrected chi connectivity index (χ2v) is 5.91. The first-order valence-electron chi connectivity index (χ1n) is 9.07. The third-order valence-electron chi connectivity index (χ3n) is 4.02. The number of para-hydroxylation sites is 3. The van der Waals surface area contributed by atoms with Crippen LogP contribution in [0.5, 0.6) is 5.75 Å². The van der Waals surface area contributed by atoms with Crippen molar-refractivity contribution in [1.82, 2.24) is 0 Å². The molecule has 0 aliphatic carbocycles. The lowest BCUT2D eigenvalue weighted by Gasteiger charge is -2.15. The largest absolute Gasteiger partial charge is 0.489 e. The second kappa shape index (κ2) is 10.5. The summed E-state index contributed by atoms with van der Waals surface area (Å²) in [7, 11) is 0. The summed E-state index contributed by atoms with van der Waals surface area (Å²) in [4.78, 5) is 12.4. The standard InChI is InChI=1S/C21H28N2O3/c1-4-17-10-8-9-16(3)21(17)23-20(24)15-22-18-11-6-7-12-19(18)26-14-13-25-5-2/h6-12,22H,4-5,13-15H2,1-3H3,(H,23,24). The minimum atomic E-state index is -0.0851. The molecular formula is C21H28N2O3. The summed E-state index contributed by atoms with van der Waals surface area (Å²) in [6.07, 6.45) is 0.876. The van der Waals surface area contributed by atoms with Crippen LogP contribution in [-0.4, -0.2) is 32.3 Å². The van der Waals surface area contributed by atoms with Gasteiger partial charge in [-0.2, -0.15) is 0 Å². The number of carbonyl (C=O) groups is 1. The Labute approximate surface area is 155 Å². The Bertz CT molecular complexity index is 716. The molecule has 1 amide bonds. The van der Waals surface area contributed by atoms with Crippen LogP contribution in [0.15, 0.2) is 42.5 Å². The minimum Gasteiger partial charge on any atom is -0.489 e. The zero-order valence-corrected chi connectivity index (χ0v) is 15.8. The van der Waals surface area contributed by atoms with E-state index in [-0.39, 0.29) is 12.5 Å². The van der Waals surface area contributed by atoms with Gasteiger partial charge in [0, 0.05) is 12.3 Å². The zero-order chi connectivity index (χ0) is 18.8. The van der Waals surface area contributed by atoms with E-state index in [1.54, 1.807) is 0 Å². The molecule has 0 aromatic heterocycles. The Morgan fingerprint density at radius 3 is 2.62 bits per heavy atom. The molecule has 26 heavy (non-hydrogen) atoms. The molecule has 0 unspecified atom stereocenters. The van der Waals surface area contributed by atoms with Gasteiger partial charge in [-0.1, -0.05) is 37.3 Å². The van der Waals surface area contributed by atoms with E-state index in [4.69, 9.17) is 9.47 Å². The predicted octanol–water partition coefficient (Wildman–Crippen LogP) is 4.02. The van der Waals surface area contributed by atoms with Crippen molar-refractivity contribution < 1.29 is 14.3 Å². The quantitative estimate of drug-likeness (QED) is 0.631. The molecule has 2 aromatic rings. The van der Waals surface area contributed by atoms with Gasteiger partial charge in [-0.3, -0.25) is 4.79 Å². The van der Waals surface area contributed by atoms with Crippen LogP contribution in [0.2, 0.25) is 0 Å². The molecular weight excluding hydrogens is 328 g/mol. The van der Waals surface area contributed by atoms with Gasteiger partial charge in [0.1, 0.15) is 12.4 Å². The normalized spacial score (nSPS) is 10.4. The fourth-order valence-electron chi connectivity index (χ4n) is 2.65. The highest BCUT2D eigenvalue weighted by atomic mass is 16.5. The Kier molecular flexibility index (Phi) is 7.96. The Morgan fingerprint density at radius 1 is 1.04 bits per heavy atom. The summed E-state index contributed by atoms with van der Waals surface area (Å²) in [6.45, 7) is 7.89. The topological polar surface area (TPSA) is 59.6 Å². The molecule has 0 aliphatic rings. The maximum absolute atomic E-state index is 12.4. The van der Waals surface area contributed by atoms with Crippen LogP contribution in [0.25, 0.3) is 0 Å². The summed E-state index contributed by atoms with van der Waals surface area (Å²) < 4.78 is 11.0. The van der Waals surface area contributed by atoms with Crippen molar-refractivity contribution in [3.8, 4) is 5.75 Å². The lowest BCUT2D eigenvalue weighted by molar-refractivity contribution is -0.114. The number of nitrogens with one attached hydrogen (secondary N) is 2. The van der Waals surface area contributed by atoms with Gasteiger partial charge >= 0.3 is 0 Å². The van der Waals surface area contributed by atoms with Gasteiger partial charge in [-0.15, -0.1) is 0 Å². The predicted molar refractivity (Wildman–Crippen MR) is 106 cm³/mol. The minimum absolute atomic E-state index is 0.0851. The number of anilines is 2. The van der Waals surface area contributed by atoms with Gasteiger partial charge in [0.2, 0.25) is 5.91 Å². The second-order valence-electron chi connectivity index (χ2n) is 5.91. The molecule has 0 fully saturated rings. The first-order valence-corrected chi connectivity index (χ1v) is 9.07. The van der Waals surface area contributed by atoms with Crippen molar-refractivity contribution in [2.45, 2.75) is 27.2 Å². The van der Waals surface area contributed by atoms with E-state index in [0.29, 0.717) is 25.6 Å². The highest BCUT2D eigenvalue weighted by molar-refractivity contribution is 5.95. The average Bonchev–Trinajstić information content (AvgIpc) is 2.66. The van der Waals surface area contributed by atoms with Crippen molar-refractivity contribution in [1.29, 1.82) is 0 Å². The van der Waals surface area contributed by atoms with Crippen molar-refractivity contribution in [3.63, 3.8) is 0 Å². The molecule has 0 heterocycles. The lowest BCUT2D eigenvalue weighted by Crippen LogP contribution is -2.23. The van der Waals surface area contributed by atoms with Gasteiger partial charge < -0.3 is 20.1 Å². The number of ether oxygens (including phenoxy) is 2. The van der Waals surface area contributed by atoms with E-state index in [1.165, 1.54) is 0 Å². The summed E-state index contributed by atoms with van der Waals surface area (Å²) in [5.74, 6) is 0.628. The average molecular weight is 356 g/mol. The number of carbonyl (C=O) groups excluding carboxylic acids is 1. The summed E-state index contributed by atoms with van der Waals surface area (Å²) in [5, 5.41) is 6.17. The highest BCUT2D eigenvalue weighted by Gasteiger charge is 2.10. The van der Waals surface area contributed by atoms with Crippen LogP contribution in [-0.2, 0) is 16.0 Å². The fraction of sp³-hybridized carbons (Fsp3) is 0.381. The Hall–Kier alpha value is -2.53. The third-order valence-corrected chi connectivity index (χ3v) is 4.02. The maximum Gasteiger partial charge on any atom is 0.243 e. The number of rotatable bonds is 10. The van der Waals surface area contributed by atoms with Gasteiger partial charge in [-0.25, -0.2) is 0 Å². The maximum atomic E-state index is 12.4. The van der Waals surface area contributed by atoms with Crippen LogP contribution in [0.1, 0.15) is 25.0 Å². The van der Waals surface area contributed by atoms with E-state index in [0.717, 1.165) is 28.9 Å². The van der Waals surface area contributed by atoms with E-state index >= 15 is 0 Å². The molecule has 0 spiro atoms. The molecule has 2 N–H and O–H groups in total. The van der Waals surface area contributed by atoms with Crippen LogP contribution < -0.4 is 15.4 Å². The summed E-state index contributed by atoms with van der Waals surface area (Å²) >= 11 is 0. The van der Waals surface area contributed by atoms with Crippen LogP contribution in [0.3, 0.4) is 0 Å². The summed E-state index contributed by atoms with van der Waals surface area (Å²) in [5.41, 5.74) is 3.90. The molecule has 0 radical (unpaired) electrons. The van der Waals surface area contributed by atoms with E-state index < -0.39 is 0 Å². The lowest BCUT2D eigenvalue weighted by atomic mass is 10.1. The molecule has 5 nitrogen and oxygen atoms in total. The van der Waals surface area contributed by atoms with Crippen LogP contribution in [0.4, 0.5) is 11.4 Å². The molecule has 0 atom stereocenters. The SMILES string of the molecule is CCOCCOc1ccccc1NCC(=O)Nc1c(C)cccc1CC. The number of aryl methyl sites for hydroxylation is 2. The van der Waals surface area contributed by atoms with Gasteiger partial charge in [0.05, 0.1) is 18.8 Å². The highest BCUT2D eigenvalue weighted by Crippen LogP contribution is 2.24. The molecule has 0 saturated heterocycles. The number of benzene rings is 2. The van der Waals surface area contributed by atoms with Gasteiger partial charge in [-0.05, 0) is 43.5 Å². The van der Waals surface area contributed by atoms with Crippen molar-refractivity contribution in [2.24, 2.45) is 0 Å². The molecule has 0 bridgehead atoms. The van der Waals surface area contributed by atoms with Crippen molar-refractivity contribution in [2.75, 3.05) is 37.0 Å². The molecule has 0 saturated carbocycles. The molecule has 140 valence electrons. The number of hydrogen-bond acceptors (Lipinski definition) is 4. The van der Waals surface area contributed by atoms with Crippen molar-refractivity contribution in [3.05, 3.63) is 53.6 Å². The Balaban J connectivity index is 1.94. The monoisotopic (exact) mass is 356 g/mol. The van der Waals surface area contributed by atoms with Gasteiger partial charge in [0.25, 0.3) is 0 Å². The van der Waals surface area contributed by atoms with E-state index in [2.05, 4.69) is 17.6 Å². The molecule has 2 rings (SSSR count). The van der Waals surface area contributed by atoms with Crippen LogP contribution in [0, 0.1) is 6.92 Å². The first-order chi connectivity index (χ1) is 12.7. The third kappa shape index (κ3) is 5.77. The number of hydrogen-bond donors (Lipinski definition) is 2. The Morgan fingerprint density at radius 2 is 1.85 bits per heavy atom. The first kappa shape index (κ1) is 19.8. The number of amides is 1. The fourth-order valence-corrected chi connectivity index (χ4v) is 2.65. The van der Waals surface area contributed by atoms with Crippen LogP contribution >= 0.6 is 0 Å². The van der Waals surface area contributed by atoms with E-state index in [1.807, 2.05) is 56.3 Å². The molecule has 5 heteroatoms.